The van der Waals surface area contributed by atoms with Crippen LogP contribution < -0.4 is 5.73 Å². The van der Waals surface area contributed by atoms with Crippen molar-refractivity contribution in [1.29, 1.82) is 0 Å². The summed E-state index contributed by atoms with van der Waals surface area (Å²) in [5.41, 5.74) is 6.73. The van der Waals surface area contributed by atoms with E-state index >= 15 is 0 Å². The lowest BCUT2D eigenvalue weighted by Crippen LogP contribution is -2.21. The molecule has 0 aliphatic heterocycles. The SMILES string of the molecule is CN(CCO)Cc1cc(F)cc(C#CCN)c1. The molecule has 0 aliphatic rings. The topological polar surface area (TPSA) is 49.5 Å². The summed E-state index contributed by atoms with van der Waals surface area (Å²) in [5.74, 6) is 5.20. The summed E-state index contributed by atoms with van der Waals surface area (Å²) in [6, 6.07) is 4.69. The van der Waals surface area contributed by atoms with E-state index in [-0.39, 0.29) is 19.0 Å². The second kappa shape index (κ2) is 7.02. The predicted octanol–water partition coefficient (Wildman–Crippen LogP) is 0.560. The zero-order valence-corrected chi connectivity index (χ0v) is 9.91. The molecule has 0 unspecified atom stereocenters. The van der Waals surface area contributed by atoms with Crippen molar-refractivity contribution in [2.45, 2.75) is 6.54 Å². The first-order chi connectivity index (χ1) is 8.15. The van der Waals surface area contributed by atoms with Crippen molar-refractivity contribution in [1.82, 2.24) is 4.90 Å². The number of hydrogen-bond donors (Lipinski definition) is 2. The van der Waals surface area contributed by atoms with Gasteiger partial charge in [0.1, 0.15) is 5.82 Å². The Morgan fingerprint density at radius 3 is 2.82 bits per heavy atom. The van der Waals surface area contributed by atoms with Gasteiger partial charge < -0.3 is 10.8 Å². The van der Waals surface area contributed by atoms with E-state index in [9.17, 15) is 4.39 Å². The second-order valence-corrected chi connectivity index (χ2v) is 3.82. The van der Waals surface area contributed by atoms with E-state index in [4.69, 9.17) is 10.8 Å². The zero-order chi connectivity index (χ0) is 12.7. The molecule has 92 valence electrons. The Labute approximate surface area is 101 Å². The Hall–Kier alpha value is -1.41. The van der Waals surface area contributed by atoms with E-state index in [0.717, 1.165) is 5.56 Å². The number of aliphatic hydroxyl groups is 1. The van der Waals surface area contributed by atoms with Crippen LogP contribution in [0, 0.1) is 17.7 Å². The van der Waals surface area contributed by atoms with Crippen molar-refractivity contribution >= 4 is 0 Å². The normalized spacial score (nSPS) is 10.2. The monoisotopic (exact) mass is 236 g/mol. The highest BCUT2D eigenvalue weighted by atomic mass is 19.1. The molecular formula is C13H17FN2O. The third kappa shape index (κ3) is 4.96. The Morgan fingerprint density at radius 1 is 1.41 bits per heavy atom. The van der Waals surface area contributed by atoms with E-state index in [1.54, 1.807) is 0 Å². The Balaban J connectivity index is 2.82. The fourth-order valence-electron chi connectivity index (χ4n) is 1.53. The van der Waals surface area contributed by atoms with Crippen LogP contribution in [0.25, 0.3) is 0 Å². The van der Waals surface area contributed by atoms with Crippen LogP contribution in [0.3, 0.4) is 0 Å². The Bertz CT molecular complexity index is 423. The number of aliphatic hydroxyl groups excluding tert-OH is 1. The maximum Gasteiger partial charge on any atom is 0.124 e. The van der Waals surface area contributed by atoms with Crippen molar-refractivity contribution in [2.75, 3.05) is 26.7 Å². The van der Waals surface area contributed by atoms with Crippen molar-refractivity contribution in [3.05, 3.63) is 35.1 Å². The van der Waals surface area contributed by atoms with E-state index < -0.39 is 0 Å². The standard InChI is InChI=1S/C13H17FN2O/c1-16(5-6-17)10-12-7-11(3-2-4-15)8-13(14)9-12/h7-9,17H,4-6,10,15H2,1H3. The fourth-order valence-corrected chi connectivity index (χ4v) is 1.53. The molecule has 0 bridgehead atoms. The van der Waals surface area contributed by atoms with Crippen LogP contribution in [-0.4, -0.2) is 36.8 Å². The van der Waals surface area contributed by atoms with Crippen molar-refractivity contribution < 1.29 is 9.50 Å². The molecule has 3 N–H and O–H groups in total. The summed E-state index contributed by atoms with van der Waals surface area (Å²) in [6.07, 6.45) is 0. The van der Waals surface area contributed by atoms with Crippen LogP contribution in [0.15, 0.2) is 18.2 Å². The van der Waals surface area contributed by atoms with E-state index in [2.05, 4.69) is 11.8 Å². The average Bonchev–Trinajstić information content (AvgIpc) is 2.25. The summed E-state index contributed by atoms with van der Waals surface area (Å²) in [4.78, 5) is 1.91. The van der Waals surface area contributed by atoms with Gasteiger partial charge in [-0.1, -0.05) is 11.8 Å². The molecule has 0 aromatic heterocycles. The molecule has 0 saturated heterocycles. The Morgan fingerprint density at radius 2 is 2.18 bits per heavy atom. The summed E-state index contributed by atoms with van der Waals surface area (Å²) < 4.78 is 13.3. The van der Waals surface area contributed by atoms with Crippen molar-refractivity contribution in [3.8, 4) is 11.8 Å². The average molecular weight is 236 g/mol. The molecule has 3 nitrogen and oxygen atoms in total. The quantitative estimate of drug-likeness (QED) is 0.751. The van der Waals surface area contributed by atoms with E-state index in [1.807, 2.05) is 18.0 Å². The minimum Gasteiger partial charge on any atom is -0.395 e. The van der Waals surface area contributed by atoms with Crippen LogP contribution in [0.1, 0.15) is 11.1 Å². The van der Waals surface area contributed by atoms with Gasteiger partial charge in [-0.3, -0.25) is 4.90 Å². The molecule has 17 heavy (non-hydrogen) atoms. The van der Waals surface area contributed by atoms with Crippen LogP contribution in [-0.2, 0) is 6.54 Å². The lowest BCUT2D eigenvalue weighted by atomic mass is 10.1. The molecule has 4 heteroatoms. The molecular weight excluding hydrogens is 219 g/mol. The number of likely N-dealkylation sites (N-methyl/N-ethyl adjacent to an activating group) is 1. The second-order valence-electron chi connectivity index (χ2n) is 3.82. The smallest absolute Gasteiger partial charge is 0.124 e. The minimum absolute atomic E-state index is 0.0889. The van der Waals surface area contributed by atoms with E-state index in [0.29, 0.717) is 18.7 Å². The van der Waals surface area contributed by atoms with Gasteiger partial charge >= 0.3 is 0 Å². The first kappa shape index (κ1) is 13.7. The first-order valence-electron chi connectivity index (χ1n) is 5.43. The predicted molar refractivity (Wildman–Crippen MR) is 65.8 cm³/mol. The number of rotatable bonds is 4. The molecule has 0 aliphatic carbocycles. The third-order valence-corrected chi connectivity index (χ3v) is 2.23. The largest absolute Gasteiger partial charge is 0.395 e. The molecule has 0 saturated carbocycles. The van der Waals surface area contributed by atoms with Gasteiger partial charge in [-0.2, -0.15) is 0 Å². The van der Waals surface area contributed by atoms with Crippen molar-refractivity contribution in [3.63, 3.8) is 0 Å². The number of halogens is 1. The highest BCUT2D eigenvalue weighted by Crippen LogP contribution is 2.10. The number of benzene rings is 1. The molecule has 0 atom stereocenters. The molecule has 1 rings (SSSR count). The van der Waals surface area contributed by atoms with Crippen LogP contribution in [0.4, 0.5) is 4.39 Å². The molecule has 0 heterocycles. The Kier molecular flexibility index (Phi) is 5.64. The molecule has 0 fully saturated rings. The highest BCUT2D eigenvalue weighted by Gasteiger charge is 2.03. The molecule has 0 radical (unpaired) electrons. The minimum atomic E-state index is -0.304. The number of nitrogens with zero attached hydrogens (tertiary/aromatic N) is 1. The van der Waals surface area contributed by atoms with Gasteiger partial charge in [-0.05, 0) is 30.8 Å². The van der Waals surface area contributed by atoms with Gasteiger partial charge in [0.05, 0.1) is 13.2 Å². The van der Waals surface area contributed by atoms with Crippen LogP contribution >= 0.6 is 0 Å². The molecule has 0 amide bonds. The van der Waals surface area contributed by atoms with Crippen LogP contribution in [0.2, 0.25) is 0 Å². The highest BCUT2D eigenvalue weighted by molar-refractivity contribution is 5.37. The summed E-state index contributed by atoms with van der Waals surface area (Å²) in [5, 5.41) is 8.79. The maximum atomic E-state index is 13.3. The van der Waals surface area contributed by atoms with E-state index in [1.165, 1.54) is 12.1 Å². The molecule has 1 aromatic rings. The molecule has 1 aromatic carbocycles. The number of nitrogens with two attached hydrogens (primary N) is 1. The van der Waals surface area contributed by atoms with Gasteiger partial charge in [0, 0.05) is 18.7 Å². The van der Waals surface area contributed by atoms with Gasteiger partial charge in [0.25, 0.3) is 0 Å². The molecule has 0 spiro atoms. The number of hydrogen-bond acceptors (Lipinski definition) is 3. The summed E-state index contributed by atoms with van der Waals surface area (Å²) in [6.45, 7) is 1.48. The van der Waals surface area contributed by atoms with Gasteiger partial charge in [0.2, 0.25) is 0 Å². The lowest BCUT2D eigenvalue weighted by Gasteiger charge is -2.15. The lowest BCUT2D eigenvalue weighted by molar-refractivity contribution is 0.217. The fraction of sp³-hybridized carbons (Fsp3) is 0.385. The van der Waals surface area contributed by atoms with Gasteiger partial charge in [-0.25, -0.2) is 4.39 Å². The maximum absolute atomic E-state index is 13.3. The third-order valence-electron chi connectivity index (χ3n) is 2.23. The summed E-state index contributed by atoms with van der Waals surface area (Å²) in [7, 11) is 1.87. The van der Waals surface area contributed by atoms with Gasteiger partial charge in [0.15, 0.2) is 0 Å². The summed E-state index contributed by atoms with van der Waals surface area (Å²) >= 11 is 0. The zero-order valence-electron chi connectivity index (χ0n) is 9.91. The van der Waals surface area contributed by atoms with Crippen LogP contribution in [0.5, 0.6) is 0 Å². The van der Waals surface area contributed by atoms with Crippen molar-refractivity contribution in [2.24, 2.45) is 5.73 Å². The first-order valence-corrected chi connectivity index (χ1v) is 5.43. The van der Waals surface area contributed by atoms with Gasteiger partial charge in [-0.15, -0.1) is 0 Å².